The zero-order valence-corrected chi connectivity index (χ0v) is 27.0. The van der Waals surface area contributed by atoms with Gasteiger partial charge in [0.05, 0.1) is 0 Å². The van der Waals surface area contributed by atoms with Gasteiger partial charge in [-0.25, -0.2) is 0 Å². The van der Waals surface area contributed by atoms with E-state index < -0.39 is 0 Å². The van der Waals surface area contributed by atoms with E-state index >= 15 is 0 Å². The average Bonchev–Trinajstić information content (AvgIpc) is 3.53. The predicted octanol–water partition coefficient (Wildman–Crippen LogP) is 11.0. The van der Waals surface area contributed by atoms with Crippen LogP contribution >= 0.6 is 0 Å². The molecular weight excluding hydrogens is 504 g/mol. The Morgan fingerprint density at radius 2 is 1.31 bits per heavy atom. The van der Waals surface area contributed by atoms with E-state index in [1.54, 1.807) is 39.0 Å². The molecule has 0 bridgehead atoms. The van der Waals surface area contributed by atoms with Crippen LogP contribution in [0.4, 0.5) is 0 Å². The van der Waals surface area contributed by atoms with Crippen molar-refractivity contribution < 1.29 is 0 Å². The molecule has 4 aliphatic carbocycles. The van der Waals surface area contributed by atoms with Gasteiger partial charge in [0, 0.05) is 10.8 Å². The minimum Gasteiger partial charge on any atom is -0.0625 e. The summed E-state index contributed by atoms with van der Waals surface area (Å²) < 4.78 is 0. The lowest BCUT2D eigenvalue weighted by Gasteiger charge is -2.66. The fraction of sp³-hybridized carbons (Fsp3) is 0.429. The van der Waals surface area contributed by atoms with Crippen molar-refractivity contribution in [2.45, 2.75) is 79.6 Å². The Bertz CT molecular complexity index is 1820. The molecular formula is C42H46. The van der Waals surface area contributed by atoms with E-state index in [1.165, 1.54) is 33.0 Å². The fourth-order valence-corrected chi connectivity index (χ4v) is 11.3. The van der Waals surface area contributed by atoms with Crippen LogP contribution in [0.2, 0.25) is 0 Å². The van der Waals surface area contributed by atoms with Gasteiger partial charge in [0.2, 0.25) is 0 Å². The number of allylic oxidation sites excluding steroid dienone is 2. The molecule has 0 N–H and O–H groups in total. The normalized spacial score (nSPS) is 26.2. The van der Waals surface area contributed by atoms with Crippen molar-refractivity contribution in [1.82, 2.24) is 0 Å². The van der Waals surface area contributed by atoms with Crippen LogP contribution in [0.25, 0.3) is 33.0 Å². The monoisotopic (exact) mass is 550 g/mol. The van der Waals surface area contributed by atoms with Crippen LogP contribution in [0, 0.1) is 42.4 Å². The molecule has 1 saturated carbocycles. The van der Waals surface area contributed by atoms with E-state index in [9.17, 15) is 0 Å². The summed E-state index contributed by atoms with van der Waals surface area (Å²) >= 11 is 0. The molecule has 1 spiro atoms. The third kappa shape index (κ3) is 2.90. The third-order valence-corrected chi connectivity index (χ3v) is 12.2. The smallest absolute Gasteiger partial charge is 0.0288 e. The zero-order chi connectivity index (χ0) is 29.5. The minimum absolute atomic E-state index is 0.0349. The van der Waals surface area contributed by atoms with Crippen LogP contribution in [0.3, 0.4) is 0 Å². The highest BCUT2D eigenvalue weighted by Crippen LogP contribution is 2.74. The Balaban J connectivity index is 1.51. The lowest BCUT2D eigenvalue weighted by Crippen LogP contribution is -2.64. The summed E-state index contributed by atoms with van der Waals surface area (Å²) in [6.07, 6.45) is 1.06. The number of benzene rings is 4. The van der Waals surface area contributed by atoms with E-state index in [-0.39, 0.29) is 10.8 Å². The summed E-state index contributed by atoms with van der Waals surface area (Å²) in [5.74, 6) is 3.87. The quantitative estimate of drug-likeness (QED) is 0.238. The van der Waals surface area contributed by atoms with Gasteiger partial charge in [-0.2, -0.15) is 0 Å². The fourth-order valence-electron chi connectivity index (χ4n) is 11.3. The van der Waals surface area contributed by atoms with E-state index in [2.05, 4.69) is 129 Å². The van der Waals surface area contributed by atoms with Crippen LogP contribution in [0.1, 0.15) is 94.3 Å². The Hall–Kier alpha value is -3.12. The number of fused-ring (bicyclic) bond motifs is 12. The molecule has 1 fully saturated rings. The van der Waals surface area contributed by atoms with Crippen molar-refractivity contribution in [1.29, 1.82) is 0 Å². The van der Waals surface area contributed by atoms with Gasteiger partial charge in [0.25, 0.3) is 0 Å². The molecule has 0 heterocycles. The van der Waals surface area contributed by atoms with Gasteiger partial charge in [-0.1, -0.05) is 122 Å². The van der Waals surface area contributed by atoms with Crippen molar-refractivity contribution in [2.75, 3.05) is 0 Å². The summed E-state index contributed by atoms with van der Waals surface area (Å²) in [5, 5.41) is 2.93. The second-order valence-corrected chi connectivity index (χ2v) is 15.6. The lowest BCUT2D eigenvalue weighted by molar-refractivity contribution is -0.105. The molecule has 0 nitrogen and oxygen atoms in total. The first-order chi connectivity index (χ1) is 20.0. The van der Waals surface area contributed by atoms with Crippen molar-refractivity contribution in [3.63, 3.8) is 0 Å². The Morgan fingerprint density at radius 1 is 0.667 bits per heavy atom. The van der Waals surface area contributed by atoms with Crippen molar-refractivity contribution >= 4 is 21.9 Å². The van der Waals surface area contributed by atoms with E-state index in [0.29, 0.717) is 29.6 Å². The van der Waals surface area contributed by atoms with Gasteiger partial charge >= 0.3 is 0 Å². The van der Waals surface area contributed by atoms with E-state index in [0.717, 1.165) is 12.3 Å². The topological polar surface area (TPSA) is 0 Å². The molecule has 0 aromatic heterocycles. The molecule has 4 aromatic rings. The van der Waals surface area contributed by atoms with Crippen LogP contribution in [-0.2, 0) is 17.3 Å². The molecule has 0 amide bonds. The van der Waals surface area contributed by atoms with Gasteiger partial charge in [-0.05, 0) is 121 Å². The Kier molecular flexibility index (Phi) is 5.36. The van der Waals surface area contributed by atoms with Crippen LogP contribution < -0.4 is 0 Å². The van der Waals surface area contributed by atoms with Gasteiger partial charge in [0.1, 0.15) is 0 Å². The van der Waals surface area contributed by atoms with Gasteiger partial charge < -0.3 is 0 Å². The SMILES string of the molecule is Cc1cc2c(c3ccccc13)C1(c3ccc4c(c3-2)C(C)(C)C2=C4Cc3ccccc32)C(C(C)C)C(C(C)C)C1C(C)C. The predicted molar refractivity (Wildman–Crippen MR) is 180 cm³/mol. The number of aryl methyl sites for hydroxylation is 1. The number of hydrogen-bond donors (Lipinski definition) is 0. The summed E-state index contributed by atoms with van der Waals surface area (Å²) in [6.45, 7) is 22.4. The maximum absolute atomic E-state index is 2.62. The molecule has 42 heavy (non-hydrogen) atoms. The van der Waals surface area contributed by atoms with Gasteiger partial charge in [0.15, 0.2) is 0 Å². The first-order valence-corrected chi connectivity index (χ1v) is 16.6. The van der Waals surface area contributed by atoms with Crippen LogP contribution in [-0.4, -0.2) is 0 Å². The minimum atomic E-state index is -0.0349. The number of hydrogen-bond acceptors (Lipinski definition) is 0. The van der Waals surface area contributed by atoms with Crippen molar-refractivity contribution in [3.8, 4) is 11.1 Å². The molecule has 2 unspecified atom stereocenters. The molecule has 0 aliphatic heterocycles. The first kappa shape index (κ1) is 26.5. The summed E-state index contributed by atoms with van der Waals surface area (Å²) in [7, 11) is 0. The molecule has 0 heteroatoms. The average molecular weight is 551 g/mol. The van der Waals surface area contributed by atoms with Crippen molar-refractivity contribution in [3.05, 3.63) is 106 Å². The molecule has 4 aromatic carbocycles. The molecule has 4 aliphatic rings. The zero-order valence-electron chi connectivity index (χ0n) is 27.0. The first-order valence-electron chi connectivity index (χ1n) is 16.6. The van der Waals surface area contributed by atoms with E-state index in [4.69, 9.17) is 0 Å². The highest BCUT2D eigenvalue weighted by molar-refractivity contribution is 6.10. The highest BCUT2D eigenvalue weighted by atomic mass is 14.7. The maximum atomic E-state index is 2.62. The molecule has 214 valence electrons. The second kappa shape index (κ2) is 8.49. The van der Waals surface area contributed by atoms with Crippen LogP contribution in [0.15, 0.2) is 66.7 Å². The molecule has 0 radical (unpaired) electrons. The molecule has 2 atom stereocenters. The third-order valence-electron chi connectivity index (χ3n) is 12.2. The lowest BCUT2D eigenvalue weighted by atomic mass is 9.37. The van der Waals surface area contributed by atoms with Gasteiger partial charge in [-0.3, -0.25) is 0 Å². The number of rotatable bonds is 3. The van der Waals surface area contributed by atoms with Crippen molar-refractivity contribution in [2.24, 2.45) is 35.5 Å². The largest absolute Gasteiger partial charge is 0.0625 e. The maximum Gasteiger partial charge on any atom is 0.0288 e. The second-order valence-electron chi connectivity index (χ2n) is 15.6. The Labute approximate surface area is 253 Å². The van der Waals surface area contributed by atoms with E-state index in [1.807, 2.05) is 0 Å². The molecule has 0 saturated heterocycles. The molecule has 8 rings (SSSR count). The highest BCUT2D eigenvalue weighted by Gasteiger charge is 2.68. The van der Waals surface area contributed by atoms with Gasteiger partial charge in [-0.15, -0.1) is 0 Å². The standard InChI is InChI=1S/C42H46/c1-22(2)34-36(23(3)4)42(37(34)24(5)6)33-19-18-30-31-21-26-14-10-11-16-28(26)38(31)41(8,9)40(30)35(33)32-20-25(7)27-15-12-13-17-29(27)39(32)42/h10-20,22-24,34,36-37H,21H2,1-9H3. The van der Waals surface area contributed by atoms with Crippen LogP contribution in [0.5, 0.6) is 0 Å². The summed E-state index contributed by atoms with van der Waals surface area (Å²) in [6, 6.07) is 26.3. The Morgan fingerprint density at radius 3 is 1.98 bits per heavy atom. The summed E-state index contributed by atoms with van der Waals surface area (Å²) in [4.78, 5) is 0. The summed E-state index contributed by atoms with van der Waals surface area (Å²) in [5.41, 5.74) is 17.1.